The van der Waals surface area contributed by atoms with Crippen LogP contribution < -0.4 is 5.32 Å². The van der Waals surface area contributed by atoms with Gasteiger partial charge < -0.3 is 10.4 Å². The van der Waals surface area contributed by atoms with E-state index >= 15 is 0 Å². The average molecular weight is 259 g/mol. The van der Waals surface area contributed by atoms with E-state index in [1.54, 1.807) is 0 Å². The van der Waals surface area contributed by atoms with Crippen molar-refractivity contribution in [2.45, 2.75) is 51.0 Å². The van der Waals surface area contributed by atoms with Crippen LogP contribution in [0.25, 0.3) is 0 Å². The first kappa shape index (κ1) is 12.7. The van der Waals surface area contributed by atoms with E-state index in [1.165, 1.54) is 25.7 Å². The molecule has 1 aromatic rings. The van der Waals surface area contributed by atoms with Gasteiger partial charge in [0.05, 0.1) is 6.10 Å². The fourth-order valence-electron chi connectivity index (χ4n) is 3.31. The third-order valence-electron chi connectivity index (χ3n) is 4.44. The summed E-state index contributed by atoms with van der Waals surface area (Å²) in [6.45, 7) is 0. The van der Waals surface area contributed by atoms with Crippen LogP contribution >= 0.6 is 0 Å². The van der Waals surface area contributed by atoms with Crippen molar-refractivity contribution in [3.05, 3.63) is 29.3 Å². The predicted octanol–water partition coefficient (Wildman–Crippen LogP) is 3.19. The van der Waals surface area contributed by atoms with Gasteiger partial charge in [0.25, 0.3) is 0 Å². The van der Waals surface area contributed by atoms with Crippen LogP contribution in [0.1, 0.15) is 55.8 Å². The number of amides is 1. The largest absolute Gasteiger partial charge is 0.388 e. The topological polar surface area (TPSA) is 49.3 Å². The highest BCUT2D eigenvalue weighted by molar-refractivity contribution is 5.93. The highest BCUT2D eigenvalue weighted by Gasteiger charge is 2.21. The molecule has 1 aliphatic carbocycles. The lowest BCUT2D eigenvalue weighted by Gasteiger charge is -2.20. The second-order valence-electron chi connectivity index (χ2n) is 5.87. The van der Waals surface area contributed by atoms with Gasteiger partial charge in [0.15, 0.2) is 0 Å². The van der Waals surface area contributed by atoms with Crippen molar-refractivity contribution in [3.63, 3.8) is 0 Å². The molecule has 2 N–H and O–H groups in total. The monoisotopic (exact) mass is 259 g/mol. The first-order chi connectivity index (χ1) is 9.22. The van der Waals surface area contributed by atoms with E-state index in [-0.39, 0.29) is 12.0 Å². The number of fused-ring (bicyclic) bond motifs is 1. The fraction of sp³-hybridized carbons (Fsp3) is 0.562. The van der Waals surface area contributed by atoms with Gasteiger partial charge >= 0.3 is 0 Å². The highest BCUT2D eigenvalue weighted by atomic mass is 16.3. The van der Waals surface area contributed by atoms with Gasteiger partial charge in [-0.1, -0.05) is 37.8 Å². The first-order valence-electron chi connectivity index (χ1n) is 7.33. The minimum absolute atomic E-state index is 0.0896. The predicted molar refractivity (Wildman–Crippen MR) is 74.9 cm³/mol. The quantitative estimate of drug-likeness (QED) is 0.876. The summed E-state index contributed by atoms with van der Waals surface area (Å²) in [6.07, 6.45) is 7.01. The Morgan fingerprint density at radius 1 is 1.26 bits per heavy atom. The first-order valence-corrected chi connectivity index (χ1v) is 7.33. The Kier molecular flexibility index (Phi) is 3.56. The normalized spacial score (nSPS) is 21.0. The lowest BCUT2D eigenvalue weighted by molar-refractivity contribution is -0.116. The molecule has 1 heterocycles. The van der Waals surface area contributed by atoms with Gasteiger partial charge in [0.2, 0.25) is 5.91 Å². The molecule has 3 rings (SSSR count). The molecule has 1 aromatic carbocycles. The number of hydrogen-bond acceptors (Lipinski definition) is 2. The van der Waals surface area contributed by atoms with Gasteiger partial charge in [0, 0.05) is 12.1 Å². The van der Waals surface area contributed by atoms with Gasteiger partial charge in [-0.2, -0.15) is 0 Å². The molecule has 0 radical (unpaired) electrons. The number of benzene rings is 1. The number of rotatable bonds is 3. The van der Waals surface area contributed by atoms with Crippen LogP contribution in [0.15, 0.2) is 18.2 Å². The number of aliphatic hydroxyl groups excluding tert-OH is 1. The number of aryl methyl sites for hydroxylation is 1. The number of hydrogen-bond donors (Lipinski definition) is 2. The lowest BCUT2D eigenvalue weighted by atomic mass is 9.93. The van der Waals surface area contributed by atoms with E-state index < -0.39 is 0 Å². The van der Waals surface area contributed by atoms with Crippen molar-refractivity contribution in [1.29, 1.82) is 0 Å². The van der Waals surface area contributed by atoms with Gasteiger partial charge in [0.1, 0.15) is 0 Å². The van der Waals surface area contributed by atoms with Crippen LogP contribution in [0.5, 0.6) is 0 Å². The van der Waals surface area contributed by atoms with Gasteiger partial charge in [-0.15, -0.1) is 0 Å². The number of aliphatic hydroxyl groups is 1. The lowest BCUT2D eigenvalue weighted by Crippen LogP contribution is -2.19. The maximum absolute atomic E-state index is 11.3. The van der Waals surface area contributed by atoms with E-state index in [9.17, 15) is 9.90 Å². The summed E-state index contributed by atoms with van der Waals surface area (Å²) >= 11 is 0. The summed E-state index contributed by atoms with van der Waals surface area (Å²) in [5.74, 6) is 0.775. The number of carbonyl (C=O) groups excluding carboxylic acids is 1. The van der Waals surface area contributed by atoms with Crippen molar-refractivity contribution in [3.8, 4) is 0 Å². The van der Waals surface area contributed by atoms with Crippen LogP contribution in [0.3, 0.4) is 0 Å². The Morgan fingerprint density at radius 2 is 2.05 bits per heavy atom. The molecular weight excluding hydrogens is 238 g/mol. The fourth-order valence-corrected chi connectivity index (χ4v) is 3.31. The molecule has 0 aromatic heterocycles. The molecule has 19 heavy (non-hydrogen) atoms. The van der Waals surface area contributed by atoms with E-state index in [4.69, 9.17) is 0 Å². The molecule has 1 fully saturated rings. The Balaban J connectivity index is 1.72. The molecule has 1 unspecified atom stereocenters. The van der Waals surface area contributed by atoms with Crippen LogP contribution in [0.4, 0.5) is 5.69 Å². The van der Waals surface area contributed by atoms with Crippen LogP contribution in [-0.4, -0.2) is 11.0 Å². The number of carbonyl (C=O) groups is 1. The summed E-state index contributed by atoms with van der Waals surface area (Å²) < 4.78 is 0. The number of nitrogens with one attached hydrogen (secondary N) is 1. The zero-order valence-electron chi connectivity index (χ0n) is 11.2. The number of anilines is 1. The maximum Gasteiger partial charge on any atom is 0.224 e. The zero-order valence-corrected chi connectivity index (χ0v) is 11.2. The third kappa shape index (κ3) is 2.81. The molecule has 102 valence electrons. The second kappa shape index (κ2) is 5.33. The summed E-state index contributed by atoms with van der Waals surface area (Å²) in [4.78, 5) is 11.3. The Labute approximate surface area is 114 Å². The molecule has 1 saturated carbocycles. The van der Waals surface area contributed by atoms with E-state index in [0.717, 1.165) is 29.7 Å². The van der Waals surface area contributed by atoms with Crippen molar-refractivity contribution < 1.29 is 9.90 Å². The van der Waals surface area contributed by atoms with Crippen molar-refractivity contribution in [2.24, 2.45) is 5.92 Å². The van der Waals surface area contributed by atoms with E-state index in [0.29, 0.717) is 12.3 Å². The molecule has 3 nitrogen and oxygen atoms in total. The second-order valence-corrected chi connectivity index (χ2v) is 5.87. The summed E-state index contributed by atoms with van der Waals surface area (Å²) in [5, 5.41) is 13.2. The smallest absolute Gasteiger partial charge is 0.224 e. The summed E-state index contributed by atoms with van der Waals surface area (Å²) in [6, 6.07) is 5.94. The average Bonchev–Trinajstić information content (AvgIpc) is 2.91. The molecule has 1 aliphatic heterocycles. The summed E-state index contributed by atoms with van der Waals surface area (Å²) in [5.41, 5.74) is 3.07. The molecule has 2 aliphatic rings. The van der Waals surface area contributed by atoms with Crippen molar-refractivity contribution >= 4 is 11.6 Å². The minimum atomic E-state index is -0.356. The third-order valence-corrected chi connectivity index (χ3v) is 4.44. The van der Waals surface area contributed by atoms with Crippen LogP contribution in [0.2, 0.25) is 0 Å². The minimum Gasteiger partial charge on any atom is -0.388 e. The van der Waals surface area contributed by atoms with Gasteiger partial charge in [-0.3, -0.25) is 4.79 Å². The van der Waals surface area contributed by atoms with Gasteiger partial charge in [-0.25, -0.2) is 0 Å². The zero-order chi connectivity index (χ0) is 13.2. The van der Waals surface area contributed by atoms with Crippen molar-refractivity contribution in [2.75, 3.05) is 5.32 Å². The molecule has 0 bridgehead atoms. The molecule has 1 atom stereocenters. The Morgan fingerprint density at radius 3 is 2.84 bits per heavy atom. The van der Waals surface area contributed by atoms with Crippen LogP contribution in [0, 0.1) is 5.92 Å². The SMILES string of the molecule is O=C1CCc2cc(C(O)CC3CCCC3)ccc2N1. The van der Waals surface area contributed by atoms with E-state index in [1.807, 2.05) is 12.1 Å². The van der Waals surface area contributed by atoms with Crippen LogP contribution in [-0.2, 0) is 11.2 Å². The van der Waals surface area contributed by atoms with Crippen molar-refractivity contribution in [1.82, 2.24) is 0 Å². The Bertz CT molecular complexity index is 478. The van der Waals surface area contributed by atoms with E-state index in [2.05, 4.69) is 11.4 Å². The molecule has 3 heteroatoms. The van der Waals surface area contributed by atoms with Gasteiger partial charge in [-0.05, 0) is 36.0 Å². The Hall–Kier alpha value is -1.35. The molecule has 1 amide bonds. The molecule has 0 spiro atoms. The maximum atomic E-state index is 11.3. The molecular formula is C16H21NO2. The molecule has 0 saturated heterocycles. The highest BCUT2D eigenvalue weighted by Crippen LogP contribution is 2.34. The standard InChI is InChI=1S/C16H21NO2/c18-15(9-11-3-1-2-4-11)13-5-7-14-12(10-13)6-8-16(19)17-14/h5,7,10-11,15,18H,1-4,6,8-9H2,(H,17,19). The summed E-state index contributed by atoms with van der Waals surface area (Å²) in [7, 11) is 0.